The van der Waals surface area contributed by atoms with Crippen LogP contribution in [0.4, 0.5) is 10.1 Å². The molecule has 150 valence electrons. The first-order chi connectivity index (χ1) is 14.5. The van der Waals surface area contributed by atoms with Crippen LogP contribution in [-0.4, -0.2) is 23.2 Å². The second-order valence-electron chi connectivity index (χ2n) is 6.92. The van der Waals surface area contributed by atoms with E-state index in [1.54, 1.807) is 66.4 Å². The van der Waals surface area contributed by atoms with E-state index in [0.717, 1.165) is 10.6 Å². The highest BCUT2D eigenvalue weighted by Crippen LogP contribution is 2.29. The molecule has 6 heteroatoms. The van der Waals surface area contributed by atoms with Gasteiger partial charge in [0.1, 0.15) is 5.82 Å². The van der Waals surface area contributed by atoms with E-state index in [2.05, 4.69) is 5.32 Å². The molecule has 0 heterocycles. The smallest absolute Gasteiger partial charge is 0.224 e. The van der Waals surface area contributed by atoms with Crippen LogP contribution in [0.25, 0.3) is 0 Å². The van der Waals surface area contributed by atoms with E-state index >= 15 is 0 Å². The summed E-state index contributed by atoms with van der Waals surface area (Å²) in [6, 6.07) is 17.8. The monoisotopic (exact) mass is 419 g/mol. The maximum atomic E-state index is 12.9. The third-order valence-electron chi connectivity index (χ3n) is 4.84. The van der Waals surface area contributed by atoms with Crippen LogP contribution in [0.3, 0.4) is 0 Å². The van der Waals surface area contributed by atoms with E-state index in [4.69, 9.17) is 0 Å². The van der Waals surface area contributed by atoms with Crippen LogP contribution in [-0.2, 0) is 4.79 Å². The Kier molecular flexibility index (Phi) is 5.77. The largest absolute Gasteiger partial charge is 0.326 e. The van der Waals surface area contributed by atoms with E-state index in [-0.39, 0.29) is 23.3 Å². The number of hydrogen-bond acceptors (Lipinski definition) is 4. The Morgan fingerprint density at radius 3 is 2.17 bits per heavy atom. The zero-order valence-corrected chi connectivity index (χ0v) is 16.8. The number of nitrogens with one attached hydrogen (secondary N) is 1. The van der Waals surface area contributed by atoms with Gasteiger partial charge < -0.3 is 5.32 Å². The quantitative estimate of drug-likeness (QED) is 0.348. The number of hydrogen-bond donors (Lipinski definition) is 1. The SMILES string of the molecule is O=C(CCCSc1ccc(F)cc1)Nc1ccc2c(c1)C(=O)c1ccccc1C2=O. The number of thioether (sulfide) groups is 1. The van der Waals surface area contributed by atoms with Gasteiger partial charge in [-0.05, 0) is 54.6 Å². The second-order valence-corrected chi connectivity index (χ2v) is 8.09. The summed E-state index contributed by atoms with van der Waals surface area (Å²) in [6.07, 6.45) is 0.977. The topological polar surface area (TPSA) is 63.2 Å². The molecule has 0 bridgehead atoms. The van der Waals surface area contributed by atoms with Crippen LogP contribution in [0.15, 0.2) is 71.6 Å². The fourth-order valence-electron chi connectivity index (χ4n) is 3.35. The first-order valence-corrected chi connectivity index (χ1v) is 10.5. The predicted octanol–water partition coefficient (Wildman–Crippen LogP) is 5.11. The molecule has 0 aliphatic heterocycles. The molecule has 0 atom stereocenters. The number of carbonyl (C=O) groups excluding carboxylic acids is 3. The normalized spacial score (nSPS) is 12.3. The summed E-state index contributed by atoms with van der Waals surface area (Å²) < 4.78 is 12.9. The van der Waals surface area contributed by atoms with Crippen LogP contribution in [0.5, 0.6) is 0 Å². The van der Waals surface area contributed by atoms with Gasteiger partial charge >= 0.3 is 0 Å². The molecule has 4 rings (SSSR count). The number of ketones is 2. The number of benzene rings is 3. The van der Waals surface area contributed by atoms with Crippen molar-refractivity contribution in [3.05, 3.63) is 94.8 Å². The van der Waals surface area contributed by atoms with Crippen molar-refractivity contribution >= 4 is 34.9 Å². The molecule has 3 aromatic rings. The Morgan fingerprint density at radius 1 is 0.833 bits per heavy atom. The number of rotatable bonds is 6. The molecule has 0 spiro atoms. The van der Waals surface area contributed by atoms with Gasteiger partial charge in [-0.15, -0.1) is 11.8 Å². The average Bonchev–Trinajstić information content (AvgIpc) is 2.76. The molecule has 1 aliphatic carbocycles. The highest BCUT2D eigenvalue weighted by Gasteiger charge is 2.29. The first-order valence-electron chi connectivity index (χ1n) is 9.53. The minimum Gasteiger partial charge on any atom is -0.326 e. The Labute approximate surface area is 177 Å². The Morgan fingerprint density at radius 2 is 1.47 bits per heavy atom. The molecule has 1 amide bonds. The third-order valence-corrected chi connectivity index (χ3v) is 5.94. The molecule has 0 radical (unpaired) electrons. The van der Waals surface area contributed by atoms with Crippen molar-refractivity contribution in [1.29, 1.82) is 0 Å². The van der Waals surface area contributed by atoms with Gasteiger partial charge in [0.05, 0.1) is 0 Å². The molecule has 0 unspecified atom stereocenters. The molecule has 3 aromatic carbocycles. The van der Waals surface area contributed by atoms with Crippen LogP contribution < -0.4 is 5.32 Å². The molecule has 0 saturated carbocycles. The van der Waals surface area contributed by atoms with Gasteiger partial charge in [-0.3, -0.25) is 14.4 Å². The second kappa shape index (κ2) is 8.63. The van der Waals surface area contributed by atoms with Crippen LogP contribution in [0, 0.1) is 5.82 Å². The lowest BCUT2D eigenvalue weighted by atomic mass is 9.84. The minimum absolute atomic E-state index is 0.162. The maximum absolute atomic E-state index is 12.9. The number of amides is 1. The van der Waals surface area contributed by atoms with Crippen molar-refractivity contribution < 1.29 is 18.8 Å². The summed E-state index contributed by atoms with van der Waals surface area (Å²) in [5.41, 5.74) is 1.95. The van der Waals surface area contributed by atoms with Crippen molar-refractivity contribution in [2.75, 3.05) is 11.1 Å². The van der Waals surface area contributed by atoms with Gasteiger partial charge in [0, 0.05) is 39.3 Å². The lowest BCUT2D eigenvalue weighted by molar-refractivity contribution is -0.116. The van der Waals surface area contributed by atoms with Crippen LogP contribution in [0.1, 0.15) is 44.7 Å². The lowest BCUT2D eigenvalue weighted by Crippen LogP contribution is -2.21. The zero-order chi connectivity index (χ0) is 21.1. The molecular formula is C24H18FNO3S. The van der Waals surface area contributed by atoms with E-state index in [1.807, 2.05) is 0 Å². The van der Waals surface area contributed by atoms with Gasteiger partial charge in [0.2, 0.25) is 5.91 Å². The average molecular weight is 419 g/mol. The highest BCUT2D eigenvalue weighted by atomic mass is 32.2. The lowest BCUT2D eigenvalue weighted by Gasteiger charge is -2.18. The Hall–Kier alpha value is -3.25. The molecule has 0 saturated heterocycles. The standard InChI is InChI=1S/C24H18FNO3S/c25-15-7-10-17(11-8-15)30-13-3-6-22(27)26-16-9-12-20-21(14-16)24(29)19-5-2-1-4-18(19)23(20)28/h1-2,4-5,7-12,14H,3,6,13H2,(H,26,27). The van der Waals surface area contributed by atoms with Gasteiger partial charge in [-0.1, -0.05) is 24.3 Å². The van der Waals surface area contributed by atoms with E-state index < -0.39 is 0 Å². The van der Waals surface area contributed by atoms with E-state index in [0.29, 0.717) is 40.8 Å². The third kappa shape index (κ3) is 4.19. The summed E-state index contributed by atoms with van der Waals surface area (Å²) in [4.78, 5) is 38.6. The van der Waals surface area contributed by atoms with E-state index in [1.165, 1.54) is 12.1 Å². The first kappa shape index (κ1) is 20.0. The predicted molar refractivity (Wildman–Crippen MR) is 115 cm³/mol. The molecule has 1 aliphatic rings. The minimum atomic E-state index is -0.271. The summed E-state index contributed by atoms with van der Waals surface area (Å²) in [6.45, 7) is 0. The summed E-state index contributed by atoms with van der Waals surface area (Å²) in [5, 5.41) is 2.80. The molecular weight excluding hydrogens is 401 g/mol. The summed E-state index contributed by atoms with van der Waals surface area (Å²) in [5.74, 6) is -0.104. The van der Waals surface area contributed by atoms with Crippen molar-refractivity contribution in [2.45, 2.75) is 17.7 Å². The Bertz CT molecular complexity index is 1140. The molecule has 4 nitrogen and oxygen atoms in total. The highest BCUT2D eigenvalue weighted by molar-refractivity contribution is 7.99. The summed E-state index contributed by atoms with van der Waals surface area (Å²) in [7, 11) is 0. The molecule has 0 aromatic heterocycles. The number of fused-ring (bicyclic) bond motifs is 2. The van der Waals surface area contributed by atoms with Crippen molar-refractivity contribution in [3.63, 3.8) is 0 Å². The van der Waals surface area contributed by atoms with Crippen molar-refractivity contribution in [1.82, 2.24) is 0 Å². The molecule has 0 fully saturated rings. The zero-order valence-electron chi connectivity index (χ0n) is 16.0. The molecule has 1 N–H and O–H groups in total. The maximum Gasteiger partial charge on any atom is 0.224 e. The van der Waals surface area contributed by atoms with Gasteiger partial charge in [-0.25, -0.2) is 4.39 Å². The fourth-order valence-corrected chi connectivity index (χ4v) is 4.21. The van der Waals surface area contributed by atoms with E-state index in [9.17, 15) is 18.8 Å². The number of anilines is 1. The van der Waals surface area contributed by atoms with Gasteiger partial charge in [-0.2, -0.15) is 0 Å². The number of carbonyl (C=O) groups is 3. The van der Waals surface area contributed by atoms with Crippen molar-refractivity contribution in [2.24, 2.45) is 0 Å². The number of halogens is 1. The van der Waals surface area contributed by atoms with Crippen LogP contribution >= 0.6 is 11.8 Å². The fraction of sp³-hybridized carbons (Fsp3) is 0.125. The van der Waals surface area contributed by atoms with Gasteiger partial charge in [0.25, 0.3) is 0 Å². The Balaban J connectivity index is 1.36. The summed E-state index contributed by atoms with van der Waals surface area (Å²) >= 11 is 1.56. The molecule has 30 heavy (non-hydrogen) atoms. The van der Waals surface area contributed by atoms with Gasteiger partial charge in [0.15, 0.2) is 11.6 Å². The van der Waals surface area contributed by atoms with Crippen molar-refractivity contribution in [3.8, 4) is 0 Å². The van der Waals surface area contributed by atoms with Crippen LogP contribution in [0.2, 0.25) is 0 Å².